The van der Waals surface area contributed by atoms with Crippen molar-refractivity contribution in [1.82, 2.24) is 0 Å². The van der Waals surface area contributed by atoms with Crippen molar-refractivity contribution in [3.8, 4) is 11.1 Å². The van der Waals surface area contributed by atoms with Crippen LogP contribution >= 0.6 is 0 Å². The molecule has 2 N–H and O–H groups in total. The van der Waals surface area contributed by atoms with E-state index in [1.54, 1.807) is 0 Å². The van der Waals surface area contributed by atoms with E-state index in [2.05, 4.69) is 12.1 Å². The van der Waals surface area contributed by atoms with E-state index >= 15 is 0 Å². The molecule has 0 atom stereocenters. The lowest BCUT2D eigenvalue weighted by atomic mass is 9.76. The van der Waals surface area contributed by atoms with E-state index in [0.29, 0.717) is 0 Å². The lowest BCUT2D eigenvalue weighted by molar-refractivity contribution is 0.0832. The summed E-state index contributed by atoms with van der Waals surface area (Å²) in [4.78, 5) is 12.2. The lowest BCUT2D eigenvalue weighted by Gasteiger charge is -2.31. The number of ketones is 1. The van der Waals surface area contributed by atoms with E-state index in [1.165, 1.54) is 5.56 Å². The lowest BCUT2D eigenvalue weighted by Crippen LogP contribution is -2.40. The molecule has 2 heteroatoms. The minimum Gasteiger partial charge on any atom is -0.328 e. The zero-order chi connectivity index (χ0) is 13.2. The van der Waals surface area contributed by atoms with Crippen molar-refractivity contribution < 1.29 is 4.79 Å². The Morgan fingerprint density at radius 3 is 2.05 bits per heavy atom. The Morgan fingerprint density at radius 1 is 0.895 bits per heavy atom. The van der Waals surface area contributed by atoms with Gasteiger partial charge in [0.2, 0.25) is 0 Å². The fraction of sp³-hybridized carbons (Fsp3) is 0.235. The highest BCUT2D eigenvalue weighted by Gasteiger charge is 2.32. The summed E-state index contributed by atoms with van der Waals surface area (Å²) < 4.78 is 0. The second-order valence-corrected chi connectivity index (χ2v) is 5.24. The van der Waals surface area contributed by atoms with Crippen LogP contribution in [0.3, 0.4) is 0 Å². The van der Waals surface area contributed by atoms with Crippen molar-refractivity contribution in [2.75, 3.05) is 0 Å². The Balaban J connectivity index is 1.78. The Hall–Kier alpha value is -1.93. The predicted molar refractivity (Wildman–Crippen MR) is 76.9 cm³/mol. The first-order chi connectivity index (χ1) is 9.24. The van der Waals surface area contributed by atoms with Gasteiger partial charge in [0.15, 0.2) is 5.78 Å². The van der Waals surface area contributed by atoms with E-state index in [4.69, 9.17) is 5.73 Å². The number of hydrogen-bond acceptors (Lipinski definition) is 2. The monoisotopic (exact) mass is 251 g/mol. The fourth-order valence-electron chi connectivity index (χ4n) is 2.57. The molecular formula is C17H17NO. The largest absolute Gasteiger partial charge is 0.328 e. The van der Waals surface area contributed by atoms with Crippen LogP contribution in [0.5, 0.6) is 0 Å². The molecule has 2 nitrogen and oxygen atoms in total. The van der Waals surface area contributed by atoms with E-state index in [1.807, 2.05) is 42.5 Å². The van der Waals surface area contributed by atoms with Gasteiger partial charge in [0.1, 0.15) is 0 Å². The van der Waals surface area contributed by atoms with Gasteiger partial charge in [-0.05, 0) is 24.0 Å². The number of Topliss-reactive ketones (excluding diaryl/α,β-unsaturated/α-hetero) is 1. The molecule has 2 aromatic rings. The van der Waals surface area contributed by atoms with Gasteiger partial charge in [-0.2, -0.15) is 0 Å². The number of carbonyl (C=O) groups excluding carboxylic acids is 1. The molecule has 0 saturated heterocycles. The van der Waals surface area contributed by atoms with Gasteiger partial charge in [-0.15, -0.1) is 0 Å². The topological polar surface area (TPSA) is 43.1 Å². The average Bonchev–Trinajstić information content (AvgIpc) is 2.44. The van der Waals surface area contributed by atoms with Crippen molar-refractivity contribution in [3.05, 3.63) is 60.2 Å². The van der Waals surface area contributed by atoms with Crippen LogP contribution in [0.4, 0.5) is 0 Å². The van der Waals surface area contributed by atoms with Crippen LogP contribution in [-0.2, 0) is 0 Å². The van der Waals surface area contributed by atoms with Gasteiger partial charge < -0.3 is 5.73 Å². The van der Waals surface area contributed by atoms with Crippen molar-refractivity contribution in [1.29, 1.82) is 0 Å². The Labute approximate surface area is 113 Å². The zero-order valence-corrected chi connectivity index (χ0v) is 10.8. The van der Waals surface area contributed by atoms with Gasteiger partial charge in [0.05, 0.1) is 0 Å². The normalized spacial score (nSPS) is 21.7. The molecular weight excluding hydrogens is 234 g/mol. The quantitative estimate of drug-likeness (QED) is 0.851. The number of benzene rings is 2. The smallest absolute Gasteiger partial charge is 0.166 e. The first kappa shape index (κ1) is 12.1. The highest BCUT2D eigenvalue weighted by Crippen LogP contribution is 2.29. The van der Waals surface area contributed by atoms with Crippen molar-refractivity contribution in [2.24, 2.45) is 11.7 Å². The Kier molecular flexibility index (Phi) is 3.18. The molecule has 96 valence electrons. The van der Waals surface area contributed by atoms with Crippen LogP contribution in [0, 0.1) is 5.92 Å². The minimum absolute atomic E-state index is 0.137. The molecule has 0 heterocycles. The van der Waals surface area contributed by atoms with Crippen molar-refractivity contribution in [2.45, 2.75) is 18.9 Å². The van der Waals surface area contributed by atoms with Crippen LogP contribution < -0.4 is 5.73 Å². The molecule has 1 aliphatic rings. The summed E-state index contributed by atoms with van der Waals surface area (Å²) in [5, 5.41) is 0. The molecule has 0 radical (unpaired) electrons. The maximum absolute atomic E-state index is 12.2. The molecule has 3 rings (SSSR count). The molecule has 0 amide bonds. The Morgan fingerprint density at radius 2 is 1.47 bits per heavy atom. The number of rotatable bonds is 3. The second kappa shape index (κ2) is 4.98. The molecule has 0 aliphatic heterocycles. The molecule has 2 aromatic carbocycles. The van der Waals surface area contributed by atoms with Crippen molar-refractivity contribution in [3.63, 3.8) is 0 Å². The highest BCUT2D eigenvalue weighted by atomic mass is 16.1. The summed E-state index contributed by atoms with van der Waals surface area (Å²) in [6, 6.07) is 18.3. The van der Waals surface area contributed by atoms with E-state index < -0.39 is 0 Å². The Bertz CT molecular complexity index is 568. The number of carbonyl (C=O) groups is 1. The minimum atomic E-state index is 0.137. The zero-order valence-electron chi connectivity index (χ0n) is 10.8. The van der Waals surface area contributed by atoms with E-state index in [-0.39, 0.29) is 17.7 Å². The summed E-state index contributed by atoms with van der Waals surface area (Å²) in [6.45, 7) is 0. The van der Waals surface area contributed by atoms with Crippen LogP contribution in [0.2, 0.25) is 0 Å². The van der Waals surface area contributed by atoms with Crippen LogP contribution in [-0.4, -0.2) is 11.8 Å². The molecule has 0 bridgehead atoms. The molecule has 0 unspecified atom stereocenters. The third kappa shape index (κ3) is 2.45. The molecule has 1 saturated carbocycles. The molecule has 1 fully saturated rings. The molecule has 0 aromatic heterocycles. The summed E-state index contributed by atoms with van der Waals surface area (Å²) in [7, 11) is 0. The van der Waals surface area contributed by atoms with Gasteiger partial charge in [-0.1, -0.05) is 54.6 Å². The first-order valence-corrected chi connectivity index (χ1v) is 6.69. The van der Waals surface area contributed by atoms with Crippen LogP contribution in [0.25, 0.3) is 11.1 Å². The van der Waals surface area contributed by atoms with Crippen LogP contribution in [0.1, 0.15) is 23.2 Å². The molecule has 1 aliphatic carbocycles. The van der Waals surface area contributed by atoms with Crippen LogP contribution in [0.15, 0.2) is 54.6 Å². The van der Waals surface area contributed by atoms with E-state index in [0.717, 1.165) is 24.0 Å². The van der Waals surface area contributed by atoms with Crippen molar-refractivity contribution >= 4 is 5.78 Å². The first-order valence-electron chi connectivity index (χ1n) is 6.69. The summed E-state index contributed by atoms with van der Waals surface area (Å²) in [6.07, 6.45) is 1.67. The summed E-state index contributed by atoms with van der Waals surface area (Å²) >= 11 is 0. The maximum atomic E-state index is 12.2. The van der Waals surface area contributed by atoms with Gasteiger partial charge in [-0.3, -0.25) is 4.79 Å². The SMILES string of the molecule is NC1CC(C(=O)c2ccc(-c3ccccc3)cc2)C1. The summed E-state index contributed by atoms with van der Waals surface area (Å²) in [5.74, 6) is 0.374. The summed E-state index contributed by atoms with van der Waals surface area (Å²) in [5.41, 5.74) is 8.85. The third-order valence-corrected chi connectivity index (χ3v) is 3.82. The van der Waals surface area contributed by atoms with Gasteiger partial charge in [0, 0.05) is 17.5 Å². The fourth-order valence-corrected chi connectivity index (χ4v) is 2.57. The molecule has 0 spiro atoms. The second-order valence-electron chi connectivity index (χ2n) is 5.24. The standard InChI is InChI=1S/C17H17NO/c18-16-10-15(11-16)17(19)14-8-6-13(7-9-14)12-4-2-1-3-5-12/h1-9,15-16H,10-11,18H2. The number of hydrogen-bond donors (Lipinski definition) is 1. The average molecular weight is 251 g/mol. The maximum Gasteiger partial charge on any atom is 0.166 e. The van der Waals surface area contributed by atoms with Gasteiger partial charge in [-0.25, -0.2) is 0 Å². The number of nitrogens with two attached hydrogens (primary N) is 1. The molecule has 19 heavy (non-hydrogen) atoms. The van der Waals surface area contributed by atoms with Gasteiger partial charge >= 0.3 is 0 Å². The highest BCUT2D eigenvalue weighted by molar-refractivity contribution is 5.98. The van der Waals surface area contributed by atoms with E-state index in [9.17, 15) is 4.79 Å². The third-order valence-electron chi connectivity index (χ3n) is 3.82. The van der Waals surface area contributed by atoms with Gasteiger partial charge in [0.25, 0.3) is 0 Å². The predicted octanol–water partition coefficient (Wildman–Crippen LogP) is 3.27.